The molecule has 4 heteroatoms. The van der Waals surface area contributed by atoms with E-state index in [9.17, 15) is 0 Å². The van der Waals surface area contributed by atoms with Gasteiger partial charge in [-0.05, 0) is 51.9 Å². The lowest BCUT2D eigenvalue weighted by molar-refractivity contribution is 0.980. The molecule has 0 unspecified atom stereocenters. The van der Waals surface area contributed by atoms with E-state index in [4.69, 9.17) is 16.6 Å². The number of hydrogen-bond donors (Lipinski definition) is 0. The van der Waals surface area contributed by atoms with Crippen LogP contribution in [-0.2, 0) is 0 Å². The van der Waals surface area contributed by atoms with Gasteiger partial charge in [-0.2, -0.15) is 9.97 Å². The number of aromatic nitrogens is 3. The highest BCUT2D eigenvalue weighted by Crippen LogP contribution is 2.32. The van der Waals surface area contributed by atoms with Gasteiger partial charge in [0, 0.05) is 5.56 Å². The molecular weight excluding hydrogens is 378 g/mol. The minimum Gasteiger partial charge on any atom is -0.208 e. The maximum absolute atomic E-state index is 6.29. The summed E-state index contributed by atoms with van der Waals surface area (Å²) < 4.78 is 0. The monoisotopic (exact) mass is 395 g/mol. The Balaban J connectivity index is 1.55. The summed E-state index contributed by atoms with van der Waals surface area (Å²) >= 11 is 6.29. The number of fused-ring (bicyclic) bond motifs is 1. The maximum Gasteiger partial charge on any atom is 0.226 e. The van der Waals surface area contributed by atoms with E-state index in [2.05, 4.69) is 64.6 Å². The highest BCUT2D eigenvalue weighted by atomic mass is 35.5. The van der Waals surface area contributed by atoms with E-state index >= 15 is 0 Å². The van der Waals surface area contributed by atoms with E-state index in [1.807, 2.05) is 30.3 Å². The molecule has 1 heterocycles. The van der Waals surface area contributed by atoms with Crippen molar-refractivity contribution in [3.63, 3.8) is 0 Å². The molecule has 140 valence electrons. The van der Waals surface area contributed by atoms with Crippen LogP contribution >= 0.6 is 11.6 Å². The molecular formula is C25H18ClN3. The van der Waals surface area contributed by atoms with Crippen molar-refractivity contribution in [3.05, 3.63) is 102 Å². The van der Waals surface area contributed by atoms with Gasteiger partial charge in [-0.25, -0.2) is 4.98 Å². The van der Waals surface area contributed by atoms with E-state index in [0.717, 1.165) is 34.8 Å². The maximum atomic E-state index is 6.29. The third-order valence-corrected chi connectivity index (χ3v) is 5.39. The quantitative estimate of drug-likeness (QED) is 0.392. The molecule has 3 nitrogen and oxygen atoms in total. The van der Waals surface area contributed by atoms with Gasteiger partial charge in [0.25, 0.3) is 0 Å². The van der Waals surface area contributed by atoms with Crippen molar-refractivity contribution in [1.82, 2.24) is 15.0 Å². The Morgan fingerprint density at radius 2 is 1.31 bits per heavy atom. The van der Waals surface area contributed by atoms with Gasteiger partial charge in [0.05, 0.1) is 0 Å². The zero-order chi connectivity index (χ0) is 19.6. The second kappa shape index (κ2) is 7.61. The van der Waals surface area contributed by atoms with Gasteiger partial charge in [0.2, 0.25) is 5.28 Å². The molecule has 5 rings (SSSR count). The Morgan fingerprint density at radius 1 is 0.621 bits per heavy atom. The molecule has 1 aliphatic carbocycles. The number of halogens is 1. The van der Waals surface area contributed by atoms with Crippen LogP contribution in [0.2, 0.25) is 5.28 Å². The van der Waals surface area contributed by atoms with Crippen molar-refractivity contribution in [2.24, 2.45) is 0 Å². The largest absolute Gasteiger partial charge is 0.226 e. The molecule has 0 spiro atoms. The molecule has 4 aromatic rings. The SMILES string of the molecule is Clc1nc(C2=CC=C(c3ccccc3)CC2)nc(-c2cccc3ccccc23)n1. The second-order valence-electron chi connectivity index (χ2n) is 7.03. The average Bonchev–Trinajstić information content (AvgIpc) is 2.79. The summed E-state index contributed by atoms with van der Waals surface area (Å²) in [6, 6.07) is 24.8. The normalized spacial score (nSPS) is 13.8. The Labute approximate surface area is 174 Å². The Morgan fingerprint density at radius 3 is 2.14 bits per heavy atom. The van der Waals surface area contributed by atoms with Gasteiger partial charge in [0.15, 0.2) is 11.6 Å². The molecule has 0 atom stereocenters. The van der Waals surface area contributed by atoms with Crippen LogP contribution in [0.3, 0.4) is 0 Å². The first kappa shape index (κ1) is 17.8. The van der Waals surface area contributed by atoms with Gasteiger partial charge in [-0.15, -0.1) is 0 Å². The lowest BCUT2D eigenvalue weighted by Crippen LogP contribution is -2.03. The molecule has 1 aliphatic rings. The van der Waals surface area contributed by atoms with Crippen LogP contribution < -0.4 is 0 Å². The first-order chi connectivity index (χ1) is 14.3. The fraction of sp³-hybridized carbons (Fsp3) is 0.0800. The standard InChI is InChI=1S/C25H18ClN3/c26-25-28-23(20-15-13-18(14-16-20)17-7-2-1-3-8-17)27-24(29-25)22-12-6-10-19-9-4-5-11-21(19)22/h1-13,15H,14,16H2. The van der Waals surface area contributed by atoms with E-state index in [1.54, 1.807) is 0 Å². The van der Waals surface area contributed by atoms with Crippen LogP contribution in [0.15, 0.2) is 84.9 Å². The predicted molar refractivity (Wildman–Crippen MR) is 119 cm³/mol. The number of hydrogen-bond acceptors (Lipinski definition) is 3. The van der Waals surface area contributed by atoms with Gasteiger partial charge >= 0.3 is 0 Å². The third-order valence-electron chi connectivity index (χ3n) is 5.22. The molecule has 0 fully saturated rings. The summed E-state index contributed by atoms with van der Waals surface area (Å²) in [6.45, 7) is 0. The molecule has 1 aromatic heterocycles. The van der Waals surface area contributed by atoms with Crippen LogP contribution in [0, 0.1) is 0 Å². The van der Waals surface area contributed by atoms with Crippen LogP contribution in [0.5, 0.6) is 0 Å². The van der Waals surface area contributed by atoms with Crippen LogP contribution in [0.1, 0.15) is 24.2 Å². The molecule has 29 heavy (non-hydrogen) atoms. The van der Waals surface area contributed by atoms with Crippen molar-refractivity contribution < 1.29 is 0 Å². The summed E-state index contributed by atoms with van der Waals surface area (Å²) in [4.78, 5) is 13.6. The summed E-state index contributed by atoms with van der Waals surface area (Å²) in [5.41, 5.74) is 4.62. The Hall–Kier alpha value is -3.30. The van der Waals surface area contributed by atoms with Crippen molar-refractivity contribution in [3.8, 4) is 11.4 Å². The highest BCUT2D eigenvalue weighted by Gasteiger charge is 2.16. The number of allylic oxidation sites excluding steroid dienone is 4. The molecule has 0 bridgehead atoms. The van der Waals surface area contributed by atoms with Crippen LogP contribution in [0.4, 0.5) is 0 Å². The van der Waals surface area contributed by atoms with Gasteiger partial charge in [-0.3, -0.25) is 0 Å². The molecule has 0 amide bonds. The Bertz CT molecular complexity index is 1250. The second-order valence-corrected chi connectivity index (χ2v) is 7.37. The zero-order valence-electron chi connectivity index (χ0n) is 15.7. The Kier molecular flexibility index (Phi) is 4.66. The molecule has 0 saturated heterocycles. The predicted octanol–water partition coefficient (Wildman–Crippen LogP) is 6.61. The van der Waals surface area contributed by atoms with E-state index < -0.39 is 0 Å². The van der Waals surface area contributed by atoms with Gasteiger partial charge in [-0.1, -0.05) is 84.9 Å². The smallest absolute Gasteiger partial charge is 0.208 e. The molecule has 3 aromatic carbocycles. The highest BCUT2D eigenvalue weighted by molar-refractivity contribution is 6.28. The summed E-state index contributed by atoms with van der Waals surface area (Å²) in [7, 11) is 0. The van der Waals surface area contributed by atoms with Crippen molar-refractivity contribution in [2.75, 3.05) is 0 Å². The molecule has 0 saturated carbocycles. The minimum absolute atomic E-state index is 0.219. The number of benzene rings is 3. The lowest BCUT2D eigenvalue weighted by Gasteiger charge is -2.15. The molecule has 0 N–H and O–H groups in total. The van der Waals surface area contributed by atoms with Crippen LogP contribution in [0.25, 0.3) is 33.3 Å². The van der Waals surface area contributed by atoms with Gasteiger partial charge < -0.3 is 0 Å². The third kappa shape index (κ3) is 3.57. The number of nitrogens with zero attached hydrogens (tertiary/aromatic N) is 3. The first-order valence-electron chi connectivity index (χ1n) is 9.63. The van der Waals surface area contributed by atoms with E-state index in [-0.39, 0.29) is 5.28 Å². The van der Waals surface area contributed by atoms with Crippen molar-refractivity contribution >= 4 is 33.5 Å². The fourth-order valence-corrected chi connectivity index (χ4v) is 3.91. The topological polar surface area (TPSA) is 38.7 Å². The molecule has 0 radical (unpaired) electrons. The lowest BCUT2D eigenvalue weighted by atomic mass is 9.93. The fourth-order valence-electron chi connectivity index (χ4n) is 3.75. The van der Waals surface area contributed by atoms with Crippen molar-refractivity contribution in [2.45, 2.75) is 12.8 Å². The van der Waals surface area contributed by atoms with Gasteiger partial charge in [0.1, 0.15) is 0 Å². The summed E-state index contributed by atoms with van der Waals surface area (Å²) in [5.74, 6) is 1.26. The average molecular weight is 396 g/mol. The van der Waals surface area contributed by atoms with E-state index in [1.165, 1.54) is 11.1 Å². The summed E-state index contributed by atoms with van der Waals surface area (Å²) in [6.07, 6.45) is 6.08. The molecule has 0 aliphatic heterocycles. The first-order valence-corrected chi connectivity index (χ1v) is 10.0. The minimum atomic E-state index is 0.219. The number of rotatable bonds is 3. The van der Waals surface area contributed by atoms with E-state index in [0.29, 0.717) is 11.6 Å². The summed E-state index contributed by atoms with van der Waals surface area (Å²) in [5, 5.41) is 2.47. The zero-order valence-corrected chi connectivity index (χ0v) is 16.5. The van der Waals surface area contributed by atoms with Crippen LogP contribution in [-0.4, -0.2) is 15.0 Å². The van der Waals surface area contributed by atoms with Crippen molar-refractivity contribution in [1.29, 1.82) is 0 Å².